The first-order chi connectivity index (χ1) is 24.8. The summed E-state index contributed by atoms with van der Waals surface area (Å²) in [6.07, 6.45) is 1.87. The molecule has 0 N–H and O–H groups in total. The molecule has 0 amide bonds. The number of benzene rings is 6. The summed E-state index contributed by atoms with van der Waals surface area (Å²) in [5, 5.41) is 4.77. The average Bonchev–Trinajstić information content (AvgIpc) is 3.71. The van der Waals surface area contributed by atoms with E-state index in [1.54, 1.807) is 0 Å². The number of nitrogens with zero attached hydrogens (tertiary/aromatic N) is 4. The highest BCUT2D eigenvalue weighted by Gasteiger charge is 2.18. The monoisotopic (exact) mass is 638 g/mol. The van der Waals surface area contributed by atoms with Gasteiger partial charge >= 0.3 is 0 Å². The van der Waals surface area contributed by atoms with Gasteiger partial charge in [-0.05, 0) is 71.8 Å². The standard InChI is InChI=1S/C46H30N4/c1-4-13-31(14-5-1)41-29-36(30-42(48-41)32-15-6-2-7-16-32)49-43-21-11-10-19-37(43)38-24-22-34(28-45(38)49)33-23-25-44-40(27-33)39-20-12-26-47-46(39)50(44)35-17-8-3-9-18-35/h1-30H. The third kappa shape index (κ3) is 4.54. The van der Waals surface area contributed by atoms with Crippen molar-refractivity contribution in [2.24, 2.45) is 0 Å². The Morgan fingerprint density at radius 2 is 0.920 bits per heavy atom. The minimum Gasteiger partial charge on any atom is -0.309 e. The fourth-order valence-electron chi connectivity index (χ4n) is 7.45. The molecule has 4 nitrogen and oxygen atoms in total. The van der Waals surface area contributed by atoms with Crippen molar-refractivity contribution in [3.63, 3.8) is 0 Å². The van der Waals surface area contributed by atoms with Crippen LogP contribution in [0.4, 0.5) is 0 Å². The molecule has 0 aliphatic rings. The summed E-state index contributed by atoms with van der Waals surface area (Å²) in [5.74, 6) is 0. The summed E-state index contributed by atoms with van der Waals surface area (Å²) in [4.78, 5) is 9.99. The molecule has 0 saturated heterocycles. The van der Waals surface area contributed by atoms with Gasteiger partial charge in [-0.2, -0.15) is 0 Å². The van der Waals surface area contributed by atoms with Gasteiger partial charge in [0.1, 0.15) is 5.65 Å². The Bertz CT molecular complexity index is 2790. The Morgan fingerprint density at radius 1 is 0.340 bits per heavy atom. The lowest BCUT2D eigenvalue weighted by Crippen LogP contribution is -1.98. The Hall–Kier alpha value is -6.78. The molecule has 0 spiro atoms. The molecule has 4 aromatic heterocycles. The lowest BCUT2D eigenvalue weighted by Gasteiger charge is -2.14. The predicted molar refractivity (Wildman–Crippen MR) is 207 cm³/mol. The van der Waals surface area contributed by atoms with Gasteiger partial charge in [0.05, 0.1) is 33.6 Å². The number of fused-ring (bicyclic) bond motifs is 6. The van der Waals surface area contributed by atoms with Crippen molar-refractivity contribution in [2.45, 2.75) is 0 Å². The molecule has 10 aromatic rings. The molecule has 50 heavy (non-hydrogen) atoms. The number of para-hydroxylation sites is 2. The van der Waals surface area contributed by atoms with Gasteiger partial charge in [-0.1, -0.05) is 115 Å². The minimum absolute atomic E-state index is 0.943. The zero-order valence-electron chi connectivity index (χ0n) is 27.1. The lowest BCUT2D eigenvalue weighted by molar-refractivity contribution is 1.14. The van der Waals surface area contributed by atoms with Gasteiger partial charge in [0.15, 0.2) is 0 Å². The molecule has 4 heterocycles. The zero-order valence-corrected chi connectivity index (χ0v) is 27.1. The summed E-state index contributed by atoms with van der Waals surface area (Å²) >= 11 is 0. The molecule has 0 fully saturated rings. The summed E-state index contributed by atoms with van der Waals surface area (Å²) in [6, 6.07) is 62.4. The largest absolute Gasteiger partial charge is 0.309 e. The summed E-state index contributed by atoms with van der Waals surface area (Å²) in [5.41, 5.74) is 13.0. The van der Waals surface area contributed by atoms with E-state index < -0.39 is 0 Å². The van der Waals surface area contributed by atoms with Crippen LogP contribution in [0.2, 0.25) is 0 Å². The molecule has 0 radical (unpaired) electrons. The molecule has 0 saturated carbocycles. The van der Waals surface area contributed by atoms with E-state index in [9.17, 15) is 0 Å². The van der Waals surface area contributed by atoms with Crippen LogP contribution in [0, 0.1) is 0 Å². The third-order valence-corrected chi connectivity index (χ3v) is 9.76. The fraction of sp³-hybridized carbons (Fsp3) is 0. The molecule has 234 valence electrons. The first-order valence-corrected chi connectivity index (χ1v) is 16.9. The van der Waals surface area contributed by atoms with Crippen molar-refractivity contribution in [3.8, 4) is 45.0 Å². The molecule has 10 rings (SSSR count). The van der Waals surface area contributed by atoms with Gasteiger partial charge in [0.25, 0.3) is 0 Å². The molecular weight excluding hydrogens is 609 g/mol. The van der Waals surface area contributed by atoms with E-state index in [2.05, 4.69) is 167 Å². The highest BCUT2D eigenvalue weighted by molar-refractivity contribution is 6.12. The van der Waals surface area contributed by atoms with E-state index in [0.29, 0.717) is 0 Å². The maximum absolute atomic E-state index is 5.17. The van der Waals surface area contributed by atoms with Crippen LogP contribution in [0.1, 0.15) is 0 Å². The fourth-order valence-corrected chi connectivity index (χ4v) is 7.45. The molecule has 6 aromatic carbocycles. The first kappa shape index (κ1) is 28.3. The zero-order chi connectivity index (χ0) is 33.0. The van der Waals surface area contributed by atoms with Crippen LogP contribution in [0.3, 0.4) is 0 Å². The molecule has 0 aliphatic carbocycles. The SMILES string of the molecule is c1ccc(-c2cc(-n3c4ccccc4c4ccc(-c5ccc6c(c5)c5cccnc5n6-c5ccccc5)cc43)cc(-c3ccccc3)n2)cc1. The van der Waals surface area contributed by atoms with Crippen molar-refractivity contribution in [1.82, 2.24) is 19.1 Å². The normalized spacial score (nSPS) is 11.6. The van der Waals surface area contributed by atoms with E-state index >= 15 is 0 Å². The number of hydrogen-bond acceptors (Lipinski definition) is 2. The van der Waals surface area contributed by atoms with Crippen molar-refractivity contribution in [1.29, 1.82) is 0 Å². The third-order valence-electron chi connectivity index (χ3n) is 9.76. The van der Waals surface area contributed by atoms with E-state index in [-0.39, 0.29) is 0 Å². The summed E-state index contributed by atoms with van der Waals surface area (Å²) in [6.45, 7) is 0. The van der Waals surface area contributed by atoms with Crippen LogP contribution in [0.5, 0.6) is 0 Å². The molecule has 0 atom stereocenters. The smallest absolute Gasteiger partial charge is 0.145 e. The minimum atomic E-state index is 0.943. The highest BCUT2D eigenvalue weighted by atomic mass is 15.0. The van der Waals surface area contributed by atoms with Crippen LogP contribution < -0.4 is 0 Å². The van der Waals surface area contributed by atoms with Crippen molar-refractivity contribution in [2.75, 3.05) is 0 Å². The van der Waals surface area contributed by atoms with E-state index in [4.69, 9.17) is 9.97 Å². The van der Waals surface area contributed by atoms with Crippen molar-refractivity contribution >= 4 is 43.7 Å². The second kappa shape index (κ2) is 11.4. The van der Waals surface area contributed by atoms with Crippen LogP contribution in [0.25, 0.3) is 88.8 Å². The Balaban J connectivity index is 1.20. The topological polar surface area (TPSA) is 35.6 Å². The first-order valence-electron chi connectivity index (χ1n) is 16.9. The van der Waals surface area contributed by atoms with E-state index in [1.165, 1.54) is 16.2 Å². The van der Waals surface area contributed by atoms with Crippen LogP contribution in [0.15, 0.2) is 182 Å². The molecule has 4 heteroatoms. The molecule has 0 bridgehead atoms. The number of rotatable bonds is 5. The van der Waals surface area contributed by atoms with Crippen LogP contribution in [-0.4, -0.2) is 19.1 Å². The maximum Gasteiger partial charge on any atom is 0.145 e. The predicted octanol–water partition coefficient (Wildman–Crippen LogP) is 11.7. The Labute approximate surface area is 289 Å². The lowest BCUT2D eigenvalue weighted by atomic mass is 10.0. The van der Waals surface area contributed by atoms with Gasteiger partial charge in [0.2, 0.25) is 0 Å². The summed E-state index contributed by atoms with van der Waals surface area (Å²) < 4.78 is 4.66. The Kier molecular flexibility index (Phi) is 6.46. The number of hydrogen-bond donors (Lipinski definition) is 0. The second-order valence-electron chi connectivity index (χ2n) is 12.7. The molecule has 0 unspecified atom stereocenters. The van der Waals surface area contributed by atoms with Gasteiger partial charge in [0, 0.05) is 44.6 Å². The van der Waals surface area contributed by atoms with Gasteiger partial charge in [-0.15, -0.1) is 0 Å². The van der Waals surface area contributed by atoms with Crippen molar-refractivity contribution < 1.29 is 0 Å². The maximum atomic E-state index is 5.17. The average molecular weight is 639 g/mol. The van der Waals surface area contributed by atoms with Crippen LogP contribution >= 0.6 is 0 Å². The van der Waals surface area contributed by atoms with E-state index in [0.717, 1.165) is 72.6 Å². The second-order valence-corrected chi connectivity index (χ2v) is 12.7. The van der Waals surface area contributed by atoms with Gasteiger partial charge < -0.3 is 4.57 Å². The number of pyridine rings is 2. The molecule has 0 aliphatic heterocycles. The van der Waals surface area contributed by atoms with Crippen molar-refractivity contribution in [3.05, 3.63) is 182 Å². The highest BCUT2D eigenvalue weighted by Crippen LogP contribution is 2.39. The van der Waals surface area contributed by atoms with Gasteiger partial charge in [-0.3, -0.25) is 4.57 Å². The van der Waals surface area contributed by atoms with E-state index in [1.807, 2.05) is 24.4 Å². The molecular formula is C46H30N4. The summed E-state index contributed by atoms with van der Waals surface area (Å²) in [7, 11) is 0. The van der Waals surface area contributed by atoms with Gasteiger partial charge in [-0.25, -0.2) is 9.97 Å². The quantitative estimate of drug-likeness (QED) is 0.188. The Morgan fingerprint density at radius 3 is 1.66 bits per heavy atom. The van der Waals surface area contributed by atoms with Crippen LogP contribution in [-0.2, 0) is 0 Å². The number of aromatic nitrogens is 4.